The second kappa shape index (κ2) is 7.36. The predicted octanol–water partition coefficient (Wildman–Crippen LogP) is 4.52. The highest BCUT2D eigenvalue weighted by molar-refractivity contribution is 7.99. The molecule has 2 aromatic carbocycles. The molecule has 0 aliphatic heterocycles. The van der Waals surface area contributed by atoms with Crippen LogP contribution in [0.4, 0.5) is 0 Å². The molecular formula is C17H21NOS. The minimum Gasteiger partial charge on any atom is -0.497 e. The summed E-state index contributed by atoms with van der Waals surface area (Å²) in [4.78, 5) is 2.44. The summed E-state index contributed by atoms with van der Waals surface area (Å²) in [6.07, 6.45) is 1.10. The number of nitrogens with one attached hydrogen (secondary N) is 1. The fourth-order valence-electron chi connectivity index (χ4n) is 2.18. The Morgan fingerprint density at radius 1 is 1.10 bits per heavy atom. The molecule has 1 atom stereocenters. The van der Waals surface area contributed by atoms with E-state index in [1.165, 1.54) is 15.4 Å². The van der Waals surface area contributed by atoms with E-state index in [0.29, 0.717) is 6.04 Å². The molecule has 2 rings (SSSR count). The Morgan fingerprint density at radius 3 is 2.45 bits per heavy atom. The number of hydrogen-bond donors (Lipinski definition) is 1. The van der Waals surface area contributed by atoms with Gasteiger partial charge in [0.05, 0.1) is 7.11 Å². The molecule has 20 heavy (non-hydrogen) atoms. The zero-order chi connectivity index (χ0) is 14.4. The molecule has 2 nitrogen and oxygen atoms in total. The van der Waals surface area contributed by atoms with Crippen LogP contribution in [-0.4, -0.2) is 14.2 Å². The number of methoxy groups -OCH3 is 1. The van der Waals surface area contributed by atoms with E-state index < -0.39 is 0 Å². The average Bonchev–Trinajstić information content (AvgIpc) is 2.50. The summed E-state index contributed by atoms with van der Waals surface area (Å²) in [5.74, 6) is 0.896. The lowest BCUT2D eigenvalue weighted by Crippen LogP contribution is -2.14. The molecule has 2 aromatic rings. The van der Waals surface area contributed by atoms with Gasteiger partial charge in [0.1, 0.15) is 5.75 Å². The molecule has 0 fully saturated rings. The van der Waals surface area contributed by atoms with Crippen molar-refractivity contribution in [1.82, 2.24) is 5.32 Å². The summed E-state index contributed by atoms with van der Waals surface area (Å²) in [5, 5.41) is 3.33. The molecule has 1 N–H and O–H groups in total. The summed E-state index contributed by atoms with van der Waals surface area (Å²) in [7, 11) is 3.70. The number of rotatable bonds is 6. The summed E-state index contributed by atoms with van der Waals surface area (Å²) >= 11 is 1.75. The molecule has 0 amide bonds. The molecule has 0 spiro atoms. The Hall–Kier alpha value is -1.45. The van der Waals surface area contributed by atoms with Gasteiger partial charge in [-0.2, -0.15) is 0 Å². The van der Waals surface area contributed by atoms with Gasteiger partial charge in [-0.1, -0.05) is 36.9 Å². The molecular weight excluding hydrogens is 266 g/mol. The van der Waals surface area contributed by atoms with Gasteiger partial charge in [0, 0.05) is 15.8 Å². The van der Waals surface area contributed by atoms with E-state index in [0.717, 1.165) is 12.2 Å². The molecule has 0 aliphatic carbocycles. The standard InChI is InChI=1S/C17H21NOS/c1-4-17(18-2)13-8-10-15(11-9-13)20-16-7-5-6-14(12-16)19-3/h5-12,17-18H,4H2,1-3H3. The largest absolute Gasteiger partial charge is 0.497 e. The second-order valence-electron chi connectivity index (χ2n) is 4.60. The van der Waals surface area contributed by atoms with Crippen molar-refractivity contribution in [2.24, 2.45) is 0 Å². The minimum absolute atomic E-state index is 0.436. The smallest absolute Gasteiger partial charge is 0.119 e. The van der Waals surface area contributed by atoms with Crippen LogP contribution >= 0.6 is 11.8 Å². The van der Waals surface area contributed by atoms with Crippen LogP contribution in [0.25, 0.3) is 0 Å². The summed E-state index contributed by atoms with van der Waals surface area (Å²) in [6, 6.07) is 17.3. The van der Waals surface area contributed by atoms with E-state index in [4.69, 9.17) is 4.74 Å². The fourth-order valence-corrected chi connectivity index (χ4v) is 3.04. The third-order valence-electron chi connectivity index (χ3n) is 3.32. The van der Waals surface area contributed by atoms with Gasteiger partial charge < -0.3 is 10.1 Å². The quantitative estimate of drug-likeness (QED) is 0.844. The van der Waals surface area contributed by atoms with E-state index in [1.807, 2.05) is 19.2 Å². The normalized spacial score (nSPS) is 12.2. The van der Waals surface area contributed by atoms with Crippen molar-refractivity contribution in [2.75, 3.05) is 14.2 Å². The van der Waals surface area contributed by atoms with E-state index in [9.17, 15) is 0 Å². The number of benzene rings is 2. The first-order valence-corrected chi connectivity index (χ1v) is 7.67. The van der Waals surface area contributed by atoms with Crippen LogP contribution in [0.2, 0.25) is 0 Å². The highest BCUT2D eigenvalue weighted by Gasteiger charge is 2.06. The van der Waals surface area contributed by atoms with Crippen molar-refractivity contribution in [3.8, 4) is 5.75 Å². The predicted molar refractivity (Wildman–Crippen MR) is 85.7 cm³/mol. The molecule has 0 bridgehead atoms. The third-order valence-corrected chi connectivity index (χ3v) is 4.31. The molecule has 0 aliphatic rings. The van der Waals surface area contributed by atoms with E-state index in [1.54, 1.807) is 18.9 Å². The molecule has 0 saturated heterocycles. The van der Waals surface area contributed by atoms with Crippen molar-refractivity contribution < 1.29 is 4.74 Å². The zero-order valence-electron chi connectivity index (χ0n) is 12.2. The summed E-state index contributed by atoms with van der Waals surface area (Å²) in [5.41, 5.74) is 1.34. The van der Waals surface area contributed by atoms with Crippen molar-refractivity contribution in [1.29, 1.82) is 0 Å². The molecule has 1 unspecified atom stereocenters. The molecule has 0 saturated carbocycles. The van der Waals surface area contributed by atoms with Gasteiger partial charge in [-0.15, -0.1) is 0 Å². The minimum atomic E-state index is 0.436. The van der Waals surface area contributed by atoms with Gasteiger partial charge in [0.2, 0.25) is 0 Å². The molecule has 0 radical (unpaired) electrons. The van der Waals surface area contributed by atoms with Gasteiger partial charge in [-0.3, -0.25) is 0 Å². The lowest BCUT2D eigenvalue weighted by atomic mass is 10.1. The monoisotopic (exact) mass is 287 g/mol. The average molecular weight is 287 g/mol. The molecule has 3 heteroatoms. The SMILES string of the molecule is CCC(NC)c1ccc(Sc2cccc(OC)c2)cc1. The van der Waals surface area contributed by atoms with Gasteiger partial charge in [-0.05, 0) is 49.4 Å². The zero-order valence-corrected chi connectivity index (χ0v) is 13.0. The first kappa shape index (κ1) is 14.9. The van der Waals surface area contributed by atoms with Crippen LogP contribution < -0.4 is 10.1 Å². The van der Waals surface area contributed by atoms with Crippen LogP contribution in [-0.2, 0) is 0 Å². The van der Waals surface area contributed by atoms with Crippen LogP contribution in [0.3, 0.4) is 0 Å². The summed E-state index contributed by atoms with van der Waals surface area (Å²) < 4.78 is 5.25. The number of hydrogen-bond acceptors (Lipinski definition) is 3. The van der Waals surface area contributed by atoms with Gasteiger partial charge >= 0.3 is 0 Å². The maximum absolute atomic E-state index is 5.25. The van der Waals surface area contributed by atoms with Gasteiger partial charge in [0.15, 0.2) is 0 Å². The first-order valence-electron chi connectivity index (χ1n) is 6.86. The lowest BCUT2D eigenvalue weighted by Gasteiger charge is -2.14. The molecule has 0 aromatic heterocycles. The van der Waals surface area contributed by atoms with Gasteiger partial charge in [0.25, 0.3) is 0 Å². The van der Waals surface area contributed by atoms with Crippen molar-refractivity contribution in [3.63, 3.8) is 0 Å². The van der Waals surface area contributed by atoms with Crippen LogP contribution in [0.1, 0.15) is 24.9 Å². The highest BCUT2D eigenvalue weighted by Crippen LogP contribution is 2.30. The molecule has 0 heterocycles. The van der Waals surface area contributed by atoms with Crippen molar-refractivity contribution in [2.45, 2.75) is 29.2 Å². The maximum Gasteiger partial charge on any atom is 0.119 e. The van der Waals surface area contributed by atoms with Gasteiger partial charge in [-0.25, -0.2) is 0 Å². The van der Waals surface area contributed by atoms with Crippen molar-refractivity contribution >= 4 is 11.8 Å². The topological polar surface area (TPSA) is 21.3 Å². The van der Waals surface area contributed by atoms with Crippen LogP contribution in [0, 0.1) is 0 Å². The number of ether oxygens (including phenoxy) is 1. The maximum atomic E-state index is 5.25. The Morgan fingerprint density at radius 2 is 1.85 bits per heavy atom. The Bertz CT molecular complexity index is 535. The highest BCUT2D eigenvalue weighted by atomic mass is 32.2. The fraction of sp³-hybridized carbons (Fsp3) is 0.294. The first-order chi connectivity index (χ1) is 9.76. The van der Waals surface area contributed by atoms with Crippen molar-refractivity contribution in [3.05, 3.63) is 54.1 Å². The Balaban J connectivity index is 2.10. The third kappa shape index (κ3) is 3.78. The lowest BCUT2D eigenvalue weighted by molar-refractivity contribution is 0.413. The Labute approximate surface area is 125 Å². The van der Waals surface area contributed by atoms with E-state index in [2.05, 4.69) is 48.6 Å². The van der Waals surface area contributed by atoms with Crippen LogP contribution in [0.5, 0.6) is 5.75 Å². The molecule has 106 valence electrons. The van der Waals surface area contributed by atoms with E-state index in [-0.39, 0.29) is 0 Å². The van der Waals surface area contributed by atoms with E-state index >= 15 is 0 Å². The second-order valence-corrected chi connectivity index (χ2v) is 5.75. The Kier molecular flexibility index (Phi) is 5.50. The summed E-state index contributed by atoms with van der Waals surface area (Å²) in [6.45, 7) is 2.19. The van der Waals surface area contributed by atoms with Crippen LogP contribution in [0.15, 0.2) is 58.3 Å².